The van der Waals surface area contributed by atoms with Gasteiger partial charge in [-0.1, -0.05) is 154 Å². The molecule has 8 N–H and O–H groups in total. The van der Waals surface area contributed by atoms with E-state index in [2.05, 4.69) is 31.3 Å². The number of aliphatic hydroxyl groups is 7. The van der Waals surface area contributed by atoms with Crippen LogP contribution in [-0.2, 0) is 14.3 Å². The van der Waals surface area contributed by atoms with E-state index in [4.69, 9.17) is 9.47 Å². The molecule has 53 heavy (non-hydrogen) atoms. The maximum Gasteiger partial charge on any atom is 0.249 e. The van der Waals surface area contributed by atoms with E-state index in [0.29, 0.717) is 19.3 Å². The van der Waals surface area contributed by atoms with Crippen LogP contribution in [0.3, 0.4) is 0 Å². The molecule has 0 radical (unpaired) electrons. The molecule has 1 saturated heterocycles. The van der Waals surface area contributed by atoms with Gasteiger partial charge in [0.2, 0.25) is 5.91 Å². The predicted molar refractivity (Wildman–Crippen MR) is 210 cm³/mol. The van der Waals surface area contributed by atoms with Gasteiger partial charge in [0.05, 0.1) is 25.4 Å². The van der Waals surface area contributed by atoms with Crippen molar-refractivity contribution in [3.8, 4) is 0 Å². The quantitative estimate of drug-likeness (QED) is 0.0277. The van der Waals surface area contributed by atoms with Gasteiger partial charge in [0.1, 0.15) is 36.6 Å². The number of nitrogens with one attached hydrogen (secondary N) is 1. The maximum atomic E-state index is 12.9. The summed E-state index contributed by atoms with van der Waals surface area (Å²) in [6.45, 7) is 3.28. The molecule has 11 heteroatoms. The van der Waals surface area contributed by atoms with Crippen molar-refractivity contribution in [2.45, 2.75) is 236 Å². The summed E-state index contributed by atoms with van der Waals surface area (Å²) in [7, 11) is 0. The zero-order valence-electron chi connectivity index (χ0n) is 33.5. The summed E-state index contributed by atoms with van der Waals surface area (Å²) in [5.41, 5.74) is 0. The normalized spacial score (nSPS) is 22.9. The molecule has 0 aliphatic carbocycles. The van der Waals surface area contributed by atoms with Crippen molar-refractivity contribution in [3.63, 3.8) is 0 Å². The Morgan fingerprint density at radius 3 is 1.60 bits per heavy atom. The highest BCUT2D eigenvalue weighted by Gasteiger charge is 2.44. The molecular formula is C42H81NO10. The average Bonchev–Trinajstić information content (AvgIpc) is 3.16. The van der Waals surface area contributed by atoms with Crippen LogP contribution in [0.4, 0.5) is 0 Å². The molecular weight excluding hydrogens is 678 g/mol. The third kappa shape index (κ3) is 23.5. The van der Waals surface area contributed by atoms with E-state index in [1.54, 1.807) is 0 Å². The van der Waals surface area contributed by atoms with E-state index in [0.717, 1.165) is 51.4 Å². The zero-order valence-corrected chi connectivity index (χ0v) is 33.5. The van der Waals surface area contributed by atoms with Crippen LogP contribution in [-0.4, -0.2) is 110 Å². The minimum Gasteiger partial charge on any atom is -0.394 e. The first-order valence-corrected chi connectivity index (χ1v) is 21.6. The fourth-order valence-corrected chi connectivity index (χ4v) is 6.90. The number of hydrogen-bond donors (Lipinski definition) is 8. The Bertz CT molecular complexity index is 877. The lowest BCUT2D eigenvalue weighted by atomic mass is 9.98. The number of hydrogen-bond acceptors (Lipinski definition) is 10. The molecule has 1 amide bonds. The summed E-state index contributed by atoms with van der Waals surface area (Å²) in [5, 5.41) is 74.7. The first-order valence-electron chi connectivity index (χ1n) is 21.6. The van der Waals surface area contributed by atoms with E-state index < -0.39 is 74.2 Å². The van der Waals surface area contributed by atoms with Gasteiger partial charge in [0, 0.05) is 0 Å². The molecule has 0 aromatic heterocycles. The van der Waals surface area contributed by atoms with Crippen molar-refractivity contribution in [1.29, 1.82) is 0 Å². The molecule has 314 valence electrons. The lowest BCUT2D eigenvalue weighted by Crippen LogP contribution is -2.60. The number of aliphatic hydroxyl groups excluding tert-OH is 7. The van der Waals surface area contributed by atoms with Gasteiger partial charge in [-0.05, 0) is 38.5 Å². The number of unbranched alkanes of at least 4 members (excludes halogenated alkanes) is 21. The Hall–Kier alpha value is -1.15. The third-order valence-corrected chi connectivity index (χ3v) is 10.6. The van der Waals surface area contributed by atoms with Gasteiger partial charge in [0.15, 0.2) is 6.29 Å². The van der Waals surface area contributed by atoms with Crippen molar-refractivity contribution in [3.05, 3.63) is 12.2 Å². The first-order chi connectivity index (χ1) is 25.7. The number of amides is 1. The van der Waals surface area contributed by atoms with Crippen LogP contribution in [0, 0.1) is 0 Å². The number of rotatable bonds is 35. The molecule has 1 rings (SSSR count). The first kappa shape index (κ1) is 49.9. The number of carbonyl (C=O) groups excluding carboxylic acids is 1. The van der Waals surface area contributed by atoms with Crippen molar-refractivity contribution in [2.24, 2.45) is 0 Å². The molecule has 0 aromatic rings. The van der Waals surface area contributed by atoms with E-state index in [1.165, 1.54) is 89.9 Å². The second-order valence-corrected chi connectivity index (χ2v) is 15.4. The van der Waals surface area contributed by atoms with E-state index in [-0.39, 0.29) is 6.42 Å². The summed E-state index contributed by atoms with van der Waals surface area (Å²) in [4.78, 5) is 12.9. The van der Waals surface area contributed by atoms with Crippen LogP contribution >= 0.6 is 0 Å². The molecule has 0 aromatic carbocycles. The van der Waals surface area contributed by atoms with E-state index in [9.17, 15) is 40.5 Å². The summed E-state index contributed by atoms with van der Waals surface area (Å²) in [6, 6.07) is -1.16. The second-order valence-electron chi connectivity index (χ2n) is 15.4. The highest BCUT2D eigenvalue weighted by atomic mass is 16.7. The van der Waals surface area contributed by atoms with Crippen LogP contribution in [0.25, 0.3) is 0 Å². The second kappa shape index (κ2) is 33.0. The van der Waals surface area contributed by atoms with E-state index >= 15 is 0 Å². The molecule has 1 aliphatic rings. The predicted octanol–water partition coefficient (Wildman–Crippen LogP) is 6.11. The highest BCUT2D eigenvalue weighted by Crippen LogP contribution is 2.23. The van der Waals surface area contributed by atoms with Gasteiger partial charge in [-0.2, -0.15) is 0 Å². The summed E-state index contributed by atoms with van der Waals surface area (Å²) in [6.07, 6.45) is 22.1. The van der Waals surface area contributed by atoms with Gasteiger partial charge in [-0.15, -0.1) is 0 Å². The summed E-state index contributed by atoms with van der Waals surface area (Å²) in [5.74, 6) is -0.708. The topological polar surface area (TPSA) is 189 Å². The minimum atomic E-state index is -1.66. The molecule has 1 heterocycles. The molecule has 9 unspecified atom stereocenters. The standard InChI is InChI=1S/C42H81NO10/c1-3-5-7-9-10-11-12-13-14-15-16-17-18-19-20-21-22-23-24-25-26-28-30-35(46)41(51)43-33(37(47)34(45)29-27-8-6-4-2)32-52-42-40(50)39(49)38(48)36(31-44)53-42/h19-20,33-40,42,44-50H,3-18,21-32H2,1-2H3,(H,43,51)/b20-19-. The van der Waals surface area contributed by atoms with Crippen molar-refractivity contribution in [2.75, 3.05) is 13.2 Å². The maximum absolute atomic E-state index is 12.9. The summed E-state index contributed by atoms with van der Waals surface area (Å²) >= 11 is 0. The van der Waals surface area contributed by atoms with Crippen LogP contribution in [0.2, 0.25) is 0 Å². The van der Waals surface area contributed by atoms with Gasteiger partial charge in [-0.25, -0.2) is 0 Å². The Morgan fingerprint density at radius 2 is 1.09 bits per heavy atom. The fraction of sp³-hybridized carbons (Fsp3) is 0.929. The largest absolute Gasteiger partial charge is 0.394 e. The van der Waals surface area contributed by atoms with Crippen LogP contribution in [0.1, 0.15) is 181 Å². The highest BCUT2D eigenvalue weighted by molar-refractivity contribution is 5.80. The minimum absolute atomic E-state index is 0.254. The van der Waals surface area contributed by atoms with Gasteiger partial charge >= 0.3 is 0 Å². The van der Waals surface area contributed by atoms with Crippen LogP contribution in [0.5, 0.6) is 0 Å². The summed E-state index contributed by atoms with van der Waals surface area (Å²) < 4.78 is 11.0. The number of allylic oxidation sites excluding steroid dienone is 2. The lowest BCUT2D eigenvalue weighted by Gasteiger charge is -2.40. The third-order valence-electron chi connectivity index (χ3n) is 10.6. The molecule has 1 fully saturated rings. The number of ether oxygens (including phenoxy) is 2. The van der Waals surface area contributed by atoms with Crippen LogP contribution < -0.4 is 5.32 Å². The Labute approximate surface area is 322 Å². The molecule has 11 nitrogen and oxygen atoms in total. The number of carbonyl (C=O) groups is 1. The molecule has 0 saturated carbocycles. The smallest absolute Gasteiger partial charge is 0.249 e. The monoisotopic (exact) mass is 760 g/mol. The van der Waals surface area contributed by atoms with Crippen molar-refractivity contribution in [1.82, 2.24) is 5.32 Å². The average molecular weight is 760 g/mol. The zero-order chi connectivity index (χ0) is 39.1. The SMILES string of the molecule is CCCCCCCCCCCCCC/C=C\CCCCCCCCC(O)C(=O)NC(COC1OC(CO)C(O)C(O)C1O)C(O)C(O)CCCCCC. The van der Waals surface area contributed by atoms with Crippen molar-refractivity contribution < 1.29 is 50.0 Å². The van der Waals surface area contributed by atoms with Crippen LogP contribution in [0.15, 0.2) is 12.2 Å². The molecule has 9 atom stereocenters. The van der Waals surface area contributed by atoms with Crippen molar-refractivity contribution >= 4 is 5.91 Å². The van der Waals surface area contributed by atoms with E-state index in [1.807, 2.05) is 0 Å². The molecule has 0 spiro atoms. The lowest BCUT2D eigenvalue weighted by molar-refractivity contribution is -0.303. The van der Waals surface area contributed by atoms with Gasteiger partial charge in [0.25, 0.3) is 0 Å². The van der Waals surface area contributed by atoms with Gasteiger partial charge < -0.3 is 50.5 Å². The Kier molecular flexibility index (Phi) is 31.1. The molecule has 1 aliphatic heterocycles. The Morgan fingerprint density at radius 1 is 0.642 bits per heavy atom. The molecule has 0 bridgehead atoms. The fourth-order valence-electron chi connectivity index (χ4n) is 6.90. The van der Waals surface area contributed by atoms with Gasteiger partial charge in [-0.3, -0.25) is 4.79 Å². The Balaban J connectivity index is 2.28.